The SMILES string of the molecule is NC[C@H]1CC[C@@H](C(=O)Nc2ccc(-c3ncn[nH]3)cc2)O1. The molecule has 21 heavy (non-hydrogen) atoms. The van der Waals surface area contributed by atoms with Crippen LogP contribution in [0.25, 0.3) is 11.4 Å². The van der Waals surface area contributed by atoms with Crippen LogP contribution in [0, 0.1) is 0 Å². The number of aromatic amines is 1. The zero-order chi connectivity index (χ0) is 14.7. The molecule has 2 heterocycles. The first-order chi connectivity index (χ1) is 10.3. The van der Waals surface area contributed by atoms with Gasteiger partial charge in [0.2, 0.25) is 0 Å². The van der Waals surface area contributed by atoms with Gasteiger partial charge in [-0.1, -0.05) is 0 Å². The van der Waals surface area contributed by atoms with Crippen LogP contribution in [0.5, 0.6) is 0 Å². The van der Waals surface area contributed by atoms with Crippen molar-refractivity contribution in [3.8, 4) is 11.4 Å². The minimum Gasteiger partial charge on any atom is -0.364 e. The van der Waals surface area contributed by atoms with Crippen molar-refractivity contribution in [2.45, 2.75) is 25.0 Å². The van der Waals surface area contributed by atoms with Crippen LogP contribution in [0.2, 0.25) is 0 Å². The number of nitrogens with zero attached hydrogens (tertiary/aromatic N) is 2. The molecule has 1 aliphatic rings. The first-order valence-electron chi connectivity index (χ1n) is 6.88. The molecule has 0 radical (unpaired) electrons. The fourth-order valence-electron chi connectivity index (χ4n) is 2.35. The predicted octanol–water partition coefficient (Wildman–Crippen LogP) is 0.916. The first kappa shape index (κ1) is 13.7. The second kappa shape index (κ2) is 6.02. The highest BCUT2D eigenvalue weighted by Gasteiger charge is 2.29. The van der Waals surface area contributed by atoms with Gasteiger partial charge < -0.3 is 15.8 Å². The summed E-state index contributed by atoms with van der Waals surface area (Å²) in [6.45, 7) is 0.454. The molecule has 7 heteroatoms. The quantitative estimate of drug-likeness (QED) is 0.775. The fourth-order valence-corrected chi connectivity index (χ4v) is 2.35. The van der Waals surface area contributed by atoms with Crippen molar-refractivity contribution in [2.75, 3.05) is 11.9 Å². The highest BCUT2D eigenvalue weighted by Crippen LogP contribution is 2.21. The summed E-state index contributed by atoms with van der Waals surface area (Å²) < 4.78 is 5.57. The van der Waals surface area contributed by atoms with Gasteiger partial charge in [0.15, 0.2) is 5.82 Å². The smallest absolute Gasteiger partial charge is 0.253 e. The summed E-state index contributed by atoms with van der Waals surface area (Å²) in [5, 5.41) is 9.44. The third-order valence-corrected chi connectivity index (χ3v) is 3.50. The highest BCUT2D eigenvalue weighted by molar-refractivity contribution is 5.94. The van der Waals surface area contributed by atoms with Crippen LogP contribution in [-0.4, -0.2) is 39.8 Å². The van der Waals surface area contributed by atoms with Crippen molar-refractivity contribution in [1.82, 2.24) is 15.2 Å². The fraction of sp³-hybridized carbons (Fsp3) is 0.357. The molecule has 1 fully saturated rings. The summed E-state index contributed by atoms with van der Waals surface area (Å²) in [4.78, 5) is 16.2. The molecule has 1 aliphatic heterocycles. The lowest BCUT2D eigenvalue weighted by Gasteiger charge is -2.12. The lowest BCUT2D eigenvalue weighted by Crippen LogP contribution is -2.29. The number of ether oxygens (including phenoxy) is 1. The Bertz CT molecular complexity index is 596. The largest absolute Gasteiger partial charge is 0.364 e. The average Bonchev–Trinajstić information content (AvgIpc) is 3.19. The van der Waals surface area contributed by atoms with Crippen LogP contribution < -0.4 is 11.1 Å². The van der Waals surface area contributed by atoms with Crippen molar-refractivity contribution < 1.29 is 9.53 Å². The van der Waals surface area contributed by atoms with E-state index in [0.717, 1.165) is 17.7 Å². The summed E-state index contributed by atoms with van der Waals surface area (Å²) in [6, 6.07) is 7.39. The van der Waals surface area contributed by atoms with Gasteiger partial charge in [-0.15, -0.1) is 0 Å². The van der Waals surface area contributed by atoms with Crippen molar-refractivity contribution in [1.29, 1.82) is 0 Å². The van der Waals surface area contributed by atoms with Gasteiger partial charge in [-0.05, 0) is 37.1 Å². The number of rotatable bonds is 4. The van der Waals surface area contributed by atoms with Crippen molar-refractivity contribution in [2.24, 2.45) is 5.73 Å². The Morgan fingerprint density at radius 3 is 2.81 bits per heavy atom. The van der Waals surface area contributed by atoms with E-state index >= 15 is 0 Å². The van der Waals surface area contributed by atoms with Crippen molar-refractivity contribution in [3.63, 3.8) is 0 Å². The molecule has 7 nitrogen and oxygen atoms in total. The number of amides is 1. The number of nitrogens with one attached hydrogen (secondary N) is 2. The van der Waals surface area contributed by atoms with Crippen LogP contribution in [-0.2, 0) is 9.53 Å². The third-order valence-electron chi connectivity index (χ3n) is 3.50. The third kappa shape index (κ3) is 3.09. The maximum atomic E-state index is 12.1. The molecule has 4 N–H and O–H groups in total. The lowest BCUT2D eigenvalue weighted by atomic mass is 10.1. The van der Waals surface area contributed by atoms with Crippen LogP contribution in [0.3, 0.4) is 0 Å². The van der Waals surface area contributed by atoms with E-state index in [2.05, 4.69) is 20.5 Å². The van der Waals surface area contributed by atoms with Crippen molar-refractivity contribution in [3.05, 3.63) is 30.6 Å². The highest BCUT2D eigenvalue weighted by atomic mass is 16.5. The van der Waals surface area contributed by atoms with E-state index in [4.69, 9.17) is 10.5 Å². The monoisotopic (exact) mass is 287 g/mol. The molecule has 3 rings (SSSR count). The number of hydrogen-bond donors (Lipinski definition) is 3. The van der Waals surface area contributed by atoms with E-state index < -0.39 is 6.10 Å². The Kier molecular flexibility index (Phi) is 3.94. The van der Waals surface area contributed by atoms with E-state index in [-0.39, 0.29) is 12.0 Å². The second-order valence-electron chi connectivity index (χ2n) is 4.96. The van der Waals surface area contributed by atoms with Gasteiger partial charge in [-0.25, -0.2) is 4.98 Å². The van der Waals surface area contributed by atoms with Gasteiger partial charge in [-0.3, -0.25) is 9.89 Å². The molecule has 0 saturated carbocycles. The molecular weight excluding hydrogens is 270 g/mol. The van der Waals surface area contributed by atoms with E-state index in [9.17, 15) is 4.79 Å². The summed E-state index contributed by atoms with van der Waals surface area (Å²) >= 11 is 0. The molecule has 2 atom stereocenters. The van der Waals surface area contributed by atoms with Crippen LogP contribution in [0.1, 0.15) is 12.8 Å². The van der Waals surface area contributed by atoms with E-state index in [1.54, 1.807) is 0 Å². The minimum atomic E-state index is -0.410. The Hall–Kier alpha value is -2.25. The molecule has 0 spiro atoms. The Labute approximate surface area is 121 Å². The molecule has 1 aromatic carbocycles. The molecule has 1 aromatic heterocycles. The summed E-state index contributed by atoms with van der Waals surface area (Å²) in [7, 11) is 0. The number of carbonyl (C=O) groups excluding carboxylic acids is 1. The predicted molar refractivity (Wildman–Crippen MR) is 77.4 cm³/mol. The number of nitrogens with two attached hydrogens (primary N) is 1. The average molecular weight is 287 g/mol. The molecule has 0 bridgehead atoms. The Balaban J connectivity index is 1.62. The second-order valence-corrected chi connectivity index (χ2v) is 4.96. The van der Waals surface area contributed by atoms with E-state index in [1.807, 2.05) is 24.3 Å². The molecule has 1 amide bonds. The molecule has 110 valence electrons. The first-order valence-corrected chi connectivity index (χ1v) is 6.88. The summed E-state index contributed by atoms with van der Waals surface area (Å²) in [6.07, 6.45) is 2.58. The molecule has 2 aromatic rings. The van der Waals surface area contributed by atoms with Gasteiger partial charge in [-0.2, -0.15) is 5.10 Å². The number of anilines is 1. The van der Waals surface area contributed by atoms with Crippen LogP contribution >= 0.6 is 0 Å². The van der Waals surface area contributed by atoms with Crippen LogP contribution in [0.15, 0.2) is 30.6 Å². The van der Waals surface area contributed by atoms with Gasteiger partial charge in [0.25, 0.3) is 5.91 Å². The van der Waals surface area contributed by atoms with E-state index in [1.165, 1.54) is 6.33 Å². The topological polar surface area (TPSA) is 106 Å². The van der Waals surface area contributed by atoms with Gasteiger partial charge in [0, 0.05) is 17.8 Å². The molecule has 0 unspecified atom stereocenters. The maximum Gasteiger partial charge on any atom is 0.253 e. The van der Waals surface area contributed by atoms with Crippen molar-refractivity contribution >= 4 is 11.6 Å². The van der Waals surface area contributed by atoms with Gasteiger partial charge in [0.1, 0.15) is 12.4 Å². The molecule has 0 aliphatic carbocycles. The number of benzene rings is 1. The summed E-state index contributed by atoms with van der Waals surface area (Å²) in [5.74, 6) is 0.566. The zero-order valence-corrected chi connectivity index (χ0v) is 11.5. The lowest BCUT2D eigenvalue weighted by molar-refractivity contribution is -0.126. The number of aromatic nitrogens is 3. The normalized spacial score (nSPS) is 21.4. The number of carbonyl (C=O) groups is 1. The van der Waals surface area contributed by atoms with E-state index in [0.29, 0.717) is 18.8 Å². The van der Waals surface area contributed by atoms with Gasteiger partial charge in [0.05, 0.1) is 6.10 Å². The number of hydrogen-bond acceptors (Lipinski definition) is 5. The molecular formula is C14H17N5O2. The Morgan fingerprint density at radius 1 is 1.38 bits per heavy atom. The van der Waals surface area contributed by atoms with Crippen LogP contribution in [0.4, 0.5) is 5.69 Å². The standard InChI is InChI=1S/C14H17N5O2/c15-7-11-5-6-12(21-11)14(20)18-10-3-1-9(2-4-10)13-16-8-17-19-13/h1-4,8,11-12H,5-7,15H2,(H,18,20)(H,16,17,19)/t11-,12+/m1/s1. The number of H-pyrrole nitrogens is 1. The maximum absolute atomic E-state index is 12.1. The minimum absolute atomic E-state index is 0.00502. The van der Waals surface area contributed by atoms with Gasteiger partial charge >= 0.3 is 0 Å². The Morgan fingerprint density at radius 2 is 2.19 bits per heavy atom. The molecule has 1 saturated heterocycles. The zero-order valence-electron chi connectivity index (χ0n) is 11.5. The summed E-state index contributed by atoms with van der Waals surface area (Å²) in [5.41, 5.74) is 7.17.